The molecule has 6 heteroatoms. The molecule has 0 amide bonds. The quantitative estimate of drug-likeness (QED) is 0.791. The first-order chi connectivity index (χ1) is 9.62. The third-order valence-corrected chi connectivity index (χ3v) is 5.05. The monoisotopic (exact) mass is 294 g/mol. The lowest BCUT2D eigenvalue weighted by Crippen LogP contribution is -2.18. The second-order valence-electron chi connectivity index (χ2n) is 4.89. The number of benzene rings is 1. The van der Waals surface area contributed by atoms with Gasteiger partial charge in [-0.05, 0) is 43.1 Å². The molecule has 0 aliphatic carbocycles. The predicted octanol–water partition coefficient (Wildman–Crippen LogP) is 0.958. The lowest BCUT2D eigenvalue weighted by molar-refractivity contribution is 0.118. The van der Waals surface area contributed by atoms with Crippen LogP contribution in [0.1, 0.15) is 12.0 Å². The van der Waals surface area contributed by atoms with E-state index in [9.17, 15) is 8.42 Å². The van der Waals surface area contributed by atoms with E-state index in [1.165, 1.54) is 24.3 Å². The number of hydrogen-bond donors (Lipinski definition) is 1. The van der Waals surface area contributed by atoms with Crippen LogP contribution in [0.2, 0.25) is 0 Å². The number of ether oxygens (including phenoxy) is 1. The summed E-state index contributed by atoms with van der Waals surface area (Å²) < 4.78 is 29.6. The van der Waals surface area contributed by atoms with Crippen molar-refractivity contribution in [3.05, 3.63) is 29.8 Å². The van der Waals surface area contributed by atoms with Gasteiger partial charge in [-0.15, -0.1) is 0 Å². The zero-order valence-corrected chi connectivity index (χ0v) is 12.0. The van der Waals surface area contributed by atoms with Crippen LogP contribution >= 0.6 is 0 Å². The van der Waals surface area contributed by atoms with E-state index in [0.717, 1.165) is 19.5 Å². The Morgan fingerprint density at radius 3 is 2.70 bits per heavy atom. The van der Waals surface area contributed by atoms with Gasteiger partial charge in [0.15, 0.2) is 9.84 Å². The molecule has 1 aromatic rings. The average Bonchev–Trinajstić information content (AvgIpc) is 2.97. The van der Waals surface area contributed by atoms with Crippen LogP contribution in [0.3, 0.4) is 0 Å². The summed E-state index contributed by atoms with van der Waals surface area (Å²) in [5.74, 6) is 0.464. The number of sulfone groups is 1. The summed E-state index contributed by atoms with van der Waals surface area (Å²) in [5.41, 5.74) is 0.453. The van der Waals surface area contributed by atoms with Crippen LogP contribution < -0.4 is 5.32 Å². The zero-order valence-electron chi connectivity index (χ0n) is 11.2. The van der Waals surface area contributed by atoms with Crippen LogP contribution in [0.4, 0.5) is 0 Å². The van der Waals surface area contributed by atoms with Crippen LogP contribution in [-0.4, -0.2) is 40.5 Å². The highest BCUT2D eigenvalue weighted by molar-refractivity contribution is 7.91. The summed E-state index contributed by atoms with van der Waals surface area (Å²) in [7, 11) is -3.33. The van der Waals surface area contributed by atoms with Gasteiger partial charge in [-0.1, -0.05) is 0 Å². The van der Waals surface area contributed by atoms with E-state index in [0.29, 0.717) is 18.1 Å². The second kappa shape index (κ2) is 6.84. The molecule has 1 fully saturated rings. The summed E-state index contributed by atoms with van der Waals surface area (Å²) in [6, 6.07) is 7.92. The fourth-order valence-corrected chi connectivity index (χ4v) is 3.25. The van der Waals surface area contributed by atoms with Crippen molar-refractivity contribution in [3.8, 4) is 6.07 Å². The number of rotatable bonds is 6. The van der Waals surface area contributed by atoms with Gasteiger partial charge in [0.1, 0.15) is 0 Å². The van der Waals surface area contributed by atoms with E-state index in [2.05, 4.69) is 5.32 Å². The van der Waals surface area contributed by atoms with E-state index >= 15 is 0 Å². The normalized spacial score (nSPS) is 18.9. The smallest absolute Gasteiger partial charge is 0.180 e. The van der Waals surface area contributed by atoms with Gasteiger partial charge >= 0.3 is 0 Å². The van der Waals surface area contributed by atoms with Crippen molar-refractivity contribution in [1.29, 1.82) is 5.26 Å². The molecule has 0 bridgehead atoms. The Morgan fingerprint density at radius 2 is 2.10 bits per heavy atom. The predicted molar refractivity (Wildman–Crippen MR) is 75.0 cm³/mol. The van der Waals surface area contributed by atoms with Crippen LogP contribution in [-0.2, 0) is 14.6 Å². The minimum atomic E-state index is -3.33. The SMILES string of the molecule is N#Cc1ccc(S(=O)(=O)CCOCC2CCNC2)cc1. The number of nitriles is 1. The van der Waals surface area contributed by atoms with Crippen LogP contribution in [0.5, 0.6) is 0 Å². The maximum absolute atomic E-state index is 12.1. The van der Waals surface area contributed by atoms with Gasteiger partial charge < -0.3 is 10.1 Å². The molecule has 5 nitrogen and oxygen atoms in total. The minimum Gasteiger partial charge on any atom is -0.380 e. The zero-order chi connectivity index (χ0) is 14.4. The third kappa shape index (κ3) is 4.04. The van der Waals surface area contributed by atoms with Gasteiger partial charge in [-0.2, -0.15) is 5.26 Å². The topological polar surface area (TPSA) is 79.2 Å². The summed E-state index contributed by atoms with van der Waals surface area (Å²) in [4.78, 5) is 0.239. The molecule has 0 spiro atoms. The van der Waals surface area contributed by atoms with E-state index in [-0.39, 0.29) is 17.3 Å². The first-order valence-electron chi connectivity index (χ1n) is 6.63. The molecule has 1 N–H and O–H groups in total. The average molecular weight is 294 g/mol. The molecule has 1 aromatic carbocycles. The molecule has 1 saturated heterocycles. The molecule has 1 unspecified atom stereocenters. The first kappa shape index (κ1) is 15.0. The van der Waals surface area contributed by atoms with Gasteiger partial charge in [0.2, 0.25) is 0 Å². The standard InChI is InChI=1S/C14H18N2O3S/c15-9-12-1-3-14(4-2-12)20(17,18)8-7-19-11-13-5-6-16-10-13/h1-4,13,16H,5-8,10-11H2. The van der Waals surface area contributed by atoms with Crippen molar-refractivity contribution < 1.29 is 13.2 Å². The maximum atomic E-state index is 12.1. The third-order valence-electron chi connectivity index (χ3n) is 3.35. The second-order valence-corrected chi connectivity index (χ2v) is 7.00. The number of nitrogens with zero attached hydrogens (tertiary/aromatic N) is 1. The fourth-order valence-electron chi connectivity index (χ4n) is 2.13. The Kier molecular flexibility index (Phi) is 5.12. The molecule has 1 atom stereocenters. The molecule has 1 heterocycles. The molecular weight excluding hydrogens is 276 g/mol. The summed E-state index contributed by atoms with van der Waals surface area (Å²) in [6.07, 6.45) is 1.09. The van der Waals surface area contributed by atoms with Gasteiger partial charge in [-0.3, -0.25) is 0 Å². The van der Waals surface area contributed by atoms with Crippen molar-refractivity contribution in [3.63, 3.8) is 0 Å². The van der Waals surface area contributed by atoms with Crippen molar-refractivity contribution in [2.24, 2.45) is 5.92 Å². The van der Waals surface area contributed by atoms with Gasteiger partial charge in [0.25, 0.3) is 0 Å². The molecule has 0 radical (unpaired) electrons. The van der Waals surface area contributed by atoms with Gasteiger partial charge in [0, 0.05) is 6.54 Å². The van der Waals surface area contributed by atoms with Gasteiger partial charge in [-0.25, -0.2) is 8.42 Å². The maximum Gasteiger partial charge on any atom is 0.180 e. The van der Waals surface area contributed by atoms with E-state index in [1.54, 1.807) is 0 Å². The van der Waals surface area contributed by atoms with Crippen molar-refractivity contribution in [1.82, 2.24) is 5.32 Å². The molecule has 1 aliphatic rings. The van der Waals surface area contributed by atoms with E-state index in [1.807, 2.05) is 6.07 Å². The molecule has 2 rings (SSSR count). The molecule has 20 heavy (non-hydrogen) atoms. The Hall–Kier alpha value is -1.42. The number of hydrogen-bond acceptors (Lipinski definition) is 5. The summed E-state index contributed by atoms with van der Waals surface area (Å²) in [6.45, 7) is 2.77. The Morgan fingerprint density at radius 1 is 1.35 bits per heavy atom. The highest BCUT2D eigenvalue weighted by Gasteiger charge is 2.17. The molecule has 0 aromatic heterocycles. The molecule has 108 valence electrons. The Balaban J connectivity index is 1.82. The highest BCUT2D eigenvalue weighted by atomic mass is 32.2. The lowest BCUT2D eigenvalue weighted by Gasteiger charge is -2.09. The lowest BCUT2D eigenvalue weighted by atomic mass is 10.1. The summed E-state index contributed by atoms with van der Waals surface area (Å²) >= 11 is 0. The Labute approximate surface area is 119 Å². The van der Waals surface area contributed by atoms with Gasteiger partial charge in [0.05, 0.1) is 35.5 Å². The van der Waals surface area contributed by atoms with Crippen LogP contribution in [0.15, 0.2) is 29.2 Å². The van der Waals surface area contributed by atoms with Crippen molar-refractivity contribution >= 4 is 9.84 Å². The van der Waals surface area contributed by atoms with Crippen molar-refractivity contribution in [2.45, 2.75) is 11.3 Å². The van der Waals surface area contributed by atoms with Crippen molar-refractivity contribution in [2.75, 3.05) is 32.1 Å². The first-order valence-corrected chi connectivity index (χ1v) is 8.28. The largest absolute Gasteiger partial charge is 0.380 e. The molecular formula is C14H18N2O3S. The van der Waals surface area contributed by atoms with E-state index < -0.39 is 9.84 Å². The number of nitrogens with one attached hydrogen (secondary N) is 1. The van der Waals surface area contributed by atoms with Crippen LogP contribution in [0, 0.1) is 17.2 Å². The van der Waals surface area contributed by atoms with Crippen LogP contribution in [0.25, 0.3) is 0 Å². The minimum absolute atomic E-state index is 0.0287. The molecule has 1 aliphatic heterocycles. The fraction of sp³-hybridized carbons (Fsp3) is 0.500. The highest BCUT2D eigenvalue weighted by Crippen LogP contribution is 2.13. The van der Waals surface area contributed by atoms with E-state index in [4.69, 9.17) is 10.00 Å². The Bertz CT molecular complexity index is 569. The summed E-state index contributed by atoms with van der Waals surface area (Å²) in [5, 5.41) is 11.9. The molecule has 0 saturated carbocycles.